The Morgan fingerprint density at radius 2 is 1.41 bits per heavy atom. The van der Waals surface area contributed by atoms with E-state index in [4.69, 9.17) is 0 Å². The van der Waals surface area contributed by atoms with Crippen LogP contribution in [0.1, 0.15) is 17.0 Å². The zero-order valence-corrected chi connectivity index (χ0v) is 24.2. The van der Waals surface area contributed by atoms with E-state index in [-0.39, 0.29) is 31.7 Å². The fraction of sp³-hybridized carbons (Fsp3) is 0.0571. The van der Waals surface area contributed by atoms with Gasteiger partial charge in [-0.2, -0.15) is 0 Å². The molecule has 3 nitrogen and oxygen atoms in total. The molecular formula is C35H24F2IrN3-. The predicted octanol–water partition coefficient (Wildman–Crippen LogP) is 8.49. The van der Waals surface area contributed by atoms with Crippen molar-refractivity contribution in [3.05, 3.63) is 157 Å². The van der Waals surface area contributed by atoms with E-state index >= 15 is 0 Å². The number of aromatic nitrogens is 3. The molecule has 0 aliphatic heterocycles. The Labute approximate surface area is 251 Å². The number of pyridine rings is 3. The van der Waals surface area contributed by atoms with Gasteiger partial charge in [-0.3, -0.25) is 9.97 Å². The third-order valence-corrected chi connectivity index (χ3v) is 6.89. The van der Waals surface area contributed by atoms with Crippen LogP contribution < -0.4 is 0 Å². The molecule has 0 N–H and O–H groups in total. The van der Waals surface area contributed by atoms with Crippen LogP contribution in [0.5, 0.6) is 0 Å². The number of nitrogens with zero attached hydrogens (tertiary/aromatic N) is 3. The fourth-order valence-electron chi connectivity index (χ4n) is 4.92. The number of rotatable bonds is 3. The number of fused-ring (bicyclic) bond motifs is 3. The van der Waals surface area contributed by atoms with Gasteiger partial charge in [0.25, 0.3) is 0 Å². The first-order chi connectivity index (χ1) is 19.6. The molecular weight excluding hydrogens is 693 g/mol. The van der Waals surface area contributed by atoms with Crippen LogP contribution in [0.2, 0.25) is 0 Å². The Balaban J connectivity index is 0.000000192. The second-order valence-corrected chi connectivity index (χ2v) is 9.50. The van der Waals surface area contributed by atoms with Gasteiger partial charge in [0.2, 0.25) is 0 Å². The normalized spacial score (nSPS) is 16.0. The van der Waals surface area contributed by atoms with Gasteiger partial charge in [0, 0.05) is 56.2 Å². The van der Waals surface area contributed by atoms with Gasteiger partial charge in [-0.1, -0.05) is 54.6 Å². The number of hydrogen-bond donors (Lipinski definition) is 0. The molecule has 7 rings (SSSR count). The zero-order valence-electron chi connectivity index (χ0n) is 21.8. The van der Waals surface area contributed by atoms with Crippen molar-refractivity contribution in [2.45, 2.75) is 5.92 Å². The Kier molecular flexibility index (Phi) is 8.83. The smallest absolute Gasteiger partial charge is 0.126 e. The summed E-state index contributed by atoms with van der Waals surface area (Å²) in [7, 11) is 0. The van der Waals surface area contributed by atoms with E-state index in [1.54, 1.807) is 12.1 Å². The van der Waals surface area contributed by atoms with E-state index < -0.39 is 0 Å². The van der Waals surface area contributed by atoms with Gasteiger partial charge in [-0.15, -0.1) is 41.0 Å². The Hall–Kier alpha value is -4.38. The predicted molar refractivity (Wildman–Crippen MR) is 155 cm³/mol. The van der Waals surface area contributed by atoms with Crippen LogP contribution in [-0.2, 0) is 20.1 Å². The first-order valence-electron chi connectivity index (χ1n) is 13.0. The molecule has 0 saturated carbocycles. The van der Waals surface area contributed by atoms with Gasteiger partial charge in [0.05, 0.1) is 11.4 Å². The number of halogens is 2. The molecule has 5 aromatic rings. The first-order valence-corrected chi connectivity index (χ1v) is 13.0. The summed E-state index contributed by atoms with van der Waals surface area (Å²) >= 11 is 0. The average Bonchev–Trinajstić information content (AvgIpc) is 3.01. The van der Waals surface area contributed by atoms with Crippen LogP contribution in [0.3, 0.4) is 0 Å². The van der Waals surface area contributed by atoms with E-state index in [0.29, 0.717) is 23.1 Å². The molecule has 3 heterocycles. The van der Waals surface area contributed by atoms with Crippen molar-refractivity contribution in [1.29, 1.82) is 0 Å². The molecule has 0 spiro atoms. The standard InChI is InChI=1S/C24H17N2.C11H7F2N.Ir/c1-2-6-21-17(5-1)8-9-18-10-11-19(15-22(18)21)24-16-20(12-14-26-24)23-7-3-4-13-25-23;12-9-3-1-2-8(6-9)11-7-10(13)4-5-14-11;/h1-10,12-17,21H;1-7H;/q-1;;. The van der Waals surface area contributed by atoms with Crippen molar-refractivity contribution in [2.24, 2.45) is 5.92 Å². The minimum Gasteiger partial charge on any atom is -0.305 e. The zero-order chi connectivity index (χ0) is 27.3. The molecule has 0 bridgehead atoms. The maximum absolute atomic E-state index is 12.8. The number of allylic oxidation sites excluding steroid dienone is 5. The molecule has 203 valence electrons. The summed E-state index contributed by atoms with van der Waals surface area (Å²) in [5, 5.41) is 0. The summed E-state index contributed by atoms with van der Waals surface area (Å²) in [6, 6.07) is 26.2. The summed E-state index contributed by atoms with van der Waals surface area (Å²) in [5.41, 5.74) is 7.58. The molecule has 6 heteroatoms. The van der Waals surface area contributed by atoms with Crippen LogP contribution >= 0.6 is 0 Å². The van der Waals surface area contributed by atoms with E-state index in [1.165, 1.54) is 41.6 Å². The second-order valence-electron chi connectivity index (χ2n) is 9.50. The Morgan fingerprint density at radius 3 is 2.24 bits per heavy atom. The molecule has 2 aliphatic carbocycles. The summed E-state index contributed by atoms with van der Waals surface area (Å²) in [4.78, 5) is 13.0. The SMILES string of the molecule is Fc1cccc(-c2cc(F)ccn2)c1.[Ir].[c-]1cc2c(cc1-c1cc(-c3ccccn3)ccn1)C1C=CC=CC1C=C2. The van der Waals surface area contributed by atoms with Crippen LogP contribution in [0.25, 0.3) is 39.8 Å². The molecule has 1 radical (unpaired) electrons. The Morgan fingerprint density at radius 1 is 0.634 bits per heavy atom. The minimum absolute atomic E-state index is 0. The average molecular weight is 717 g/mol. The van der Waals surface area contributed by atoms with Crippen molar-refractivity contribution >= 4 is 6.08 Å². The molecule has 2 unspecified atom stereocenters. The molecule has 2 aliphatic rings. The van der Waals surface area contributed by atoms with E-state index in [9.17, 15) is 8.78 Å². The molecule has 41 heavy (non-hydrogen) atoms. The second kappa shape index (κ2) is 12.9. The fourth-order valence-corrected chi connectivity index (χ4v) is 4.92. The van der Waals surface area contributed by atoms with Crippen LogP contribution in [-0.4, -0.2) is 15.0 Å². The third kappa shape index (κ3) is 6.51. The topological polar surface area (TPSA) is 38.7 Å². The molecule has 0 saturated heterocycles. The van der Waals surface area contributed by atoms with Gasteiger partial charge in [0.15, 0.2) is 0 Å². The van der Waals surface area contributed by atoms with Crippen molar-refractivity contribution < 1.29 is 28.9 Å². The van der Waals surface area contributed by atoms with Crippen LogP contribution in [0.4, 0.5) is 8.78 Å². The quantitative estimate of drug-likeness (QED) is 0.176. The first kappa shape index (κ1) is 28.2. The molecule has 0 fully saturated rings. The van der Waals surface area contributed by atoms with E-state index in [2.05, 4.69) is 75.7 Å². The van der Waals surface area contributed by atoms with Gasteiger partial charge < -0.3 is 4.98 Å². The third-order valence-electron chi connectivity index (χ3n) is 6.89. The monoisotopic (exact) mass is 717 g/mol. The van der Waals surface area contributed by atoms with Gasteiger partial charge in [-0.05, 0) is 53.6 Å². The molecule has 2 aromatic carbocycles. The Bertz CT molecular complexity index is 1700. The van der Waals surface area contributed by atoms with Crippen molar-refractivity contribution in [3.63, 3.8) is 0 Å². The van der Waals surface area contributed by atoms with Crippen molar-refractivity contribution in [1.82, 2.24) is 15.0 Å². The van der Waals surface area contributed by atoms with E-state index in [1.807, 2.05) is 36.7 Å². The molecule has 0 amide bonds. The van der Waals surface area contributed by atoms with Crippen molar-refractivity contribution in [3.8, 4) is 33.8 Å². The van der Waals surface area contributed by atoms with Crippen molar-refractivity contribution in [2.75, 3.05) is 0 Å². The molecule has 3 aromatic heterocycles. The van der Waals surface area contributed by atoms with Gasteiger partial charge >= 0.3 is 0 Å². The summed E-state index contributed by atoms with van der Waals surface area (Å²) in [6.45, 7) is 0. The van der Waals surface area contributed by atoms with Crippen LogP contribution in [0, 0.1) is 23.6 Å². The van der Waals surface area contributed by atoms with Gasteiger partial charge in [-0.25, -0.2) is 8.78 Å². The van der Waals surface area contributed by atoms with E-state index in [0.717, 1.165) is 22.5 Å². The number of benzene rings is 2. The largest absolute Gasteiger partial charge is 0.305 e. The summed E-state index contributed by atoms with van der Waals surface area (Å²) in [5.74, 6) is 0.107. The maximum atomic E-state index is 12.8. The number of hydrogen-bond acceptors (Lipinski definition) is 3. The van der Waals surface area contributed by atoms with Gasteiger partial charge in [0.1, 0.15) is 11.6 Å². The minimum atomic E-state index is -0.376. The summed E-state index contributed by atoms with van der Waals surface area (Å²) in [6.07, 6.45) is 18.3. The summed E-state index contributed by atoms with van der Waals surface area (Å²) < 4.78 is 25.7. The van der Waals surface area contributed by atoms with Crippen LogP contribution in [0.15, 0.2) is 128 Å². The maximum Gasteiger partial charge on any atom is 0.126 e. The molecule has 2 atom stereocenters.